The fourth-order valence-electron chi connectivity index (χ4n) is 1.06. The Kier molecular flexibility index (Phi) is 3.06. The molecule has 1 heteroatoms. The fraction of sp³-hybridized carbons (Fsp3) is 0.273. The van der Waals surface area contributed by atoms with Crippen molar-refractivity contribution in [3.05, 3.63) is 41.0 Å². The van der Waals surface area contributed by atoms with Gasteiger partial charge in [-0.25, -0.2) is 0 Å². The van der Waals surface area contributed by atoms with E-state index in [2.05, 4.69) is 32.0 Å². The predicted molar refractivity (Wildman–Crippen MR) is 52.0 cm³/mol. The molecule has 64 valence electrons. The zero-order valence-electron chi connectivity index (χ0n) is 7.54. The van der Waals surface area contributed by atoms with Crippen molar-refractivity contribution in [2.45, 2.75) is 13.8 Å². The lowest BCUT2D eigenvalue weighted by Crippen LogP contribution is -1.81. The van der Waals surface area contributed by atoms with Crippen molar-refractivity contribution in [3.63, 3.8) is 0 Å². The summed E-state index contributed by atoms with van der Waals surface area (Å²) in [5.41, 5.74) is 3.73. The highest BCUT2D eigenvalue weighted by molar-refractivity contribution is 5.51. The largest absolute Gasteiger partial charge is 0.392 e. The SMILES string of the molecule is Cc1ccc(C=CCO)cc1C. The van der Waals surface area contributed by atoms with E-state index in [9.17, 15) is 0 Å². The molecule has 12 heavy (non-hydrogen) atoms. The van der Waals surface area contributed by atoms with E-state index in [0.29, 0.717) is 0 Å². The Balaban J connectivity index is 2.89. The summed E-state index contributed by atoms with van der Waals surface area (Å²) in [6, 6.07) is 6.25. The summed E-state index contributed by atoms with van der Waals surface area (Å²) in [4.78, 5) is 0. The fourth-order valence-corrected chi connectivity index (χ4v) is 1.06. The molecule has 0 aliphatic carbocycles. The highest BCUT2D eigenvalue weighted by Crippen LogP contribution is 2.10. The molecule has 0 saturated carbocycles. The number of aliphatic hydroxyl groups is 1. The summed E-state index contributed by atoms with van der Waals surface area (Å²) in [6.07, 6.45) is 3.66. The van der Waals surface area contributed by atoms with Gasteiger partial charge in [-0.1, -0.05) is 30.4 Å². The van der Waals surface area contributed by atoms with Gasteiger partial charge in [0.05, 0.1) is 6.61 Å². The Morgan fingerprint density at radius 2 is 2.00 bits per heavy atom. The van der Waals surface area contributed by atoms with Crippen molar-refractivity contribution < 1.29 is 5.11 Å². The van der Waals surface area contributed by atoms with Gasteiger partial charge in [-0.15, -0.1) is 0 Å². The molecule has 0 bridgehead atoms. The van der Waals surface area contributed by atoms with Gasteiger partial charge in [-0.3, -0.25) is 0 Å². The van der Waals surface area contributed by atoms with E-state index in [4.69, 9.17) is 5.11 Å². The summed E-state index contributed by atoms with van der Waals surface area (Å²) in [6.45, 7) is 4.29. The number of hydrogen-bond acceptors (Lipinski definition) is 1. The lowest BCUT2D eigenvalue weighted by Gasteiger charge is -2.00. The van der Waals surface area contributed by atoms with Crippen LogP contribution >= 0.6 is 0 Å². The van der Waals surface area contributed by atoms with Crippen LogP contribution in [0, 0.1) is 13.8 Å². The molecule has 1 rings (SSSR count). The van der Waals surface area contributed by atoms with Crippen LogP contribution in [0.15, 0.2) is 24.3 Å². The third-order valence-corrected chi connectivity index (χ3v) is 1.95. The van der Waals surface area contributed by atoms with E-state index < -0.39 is 0 Å². The number of hydrogen-bond donors (Lipinski definition) is 1. The van der Waals surface area contributed by atoms with Crippen LogP contribution in [-0.4, -0.2) is 11.7 Å². The molecular formula is C11H14O. The van der Waals surface area contributed by atoms with Crippen molar-refractivity contribution in [2.75, 3.05) is 6.61 Å². The Morgan fingerprint density at radius 3 is 2.58 bits per heavy atom. The van der Waals surface area contributed by atoms with Crippen LogP contribution in [0.2, 0.25) is 0 Å². The third-order valence-electron chi connectivity index (χ3n) is 1.95. The van der Waals surface area contributed by atoms with E-state index in [1.807, 2.05) is 6.08 Å². The molecule has 0 radical (unpaired) electrons. The van der Waals surface area contributed by atoms with Crippen molar-refractivity contribution in [3.8, 4) is 0 Å². The minimum absolute atomic E-state index is 0.104. The van der Waals surface area contributed by atoms with Crippen LogP contribution in [0.4, 0.5) is 0 Å². The van der Waals surface area contributed by atoms with Gasteiger partial charge in [0.15, 0.2) is 0 Å². The van der Waals surface area contributed by atoms with Gasteiger partial charge in [0.1, 0.15) is 0 Å². The van der Waals surface area contributed by atoms with Gasteiger partial charge in [0.2, 0.25) is 0 Å². The predicted octanol–water partition coefficient (Wildman–Crippen LogP) is 2.31. The number of rotatable bonds is 2. The minimum atomic E-state index is 0.104. The van der Waals surface area contributed by atoms with Crippen LogP contribution in [-0.2, 0) is 0 Å². The lowest BCUT2D eigenvalue weighted by molar-refractivity contribution is 0.343. The quantitative estimate of drug-likeness (QED) is 0.707. The van der Waals surface area contributed by atoms with Gasteiger partial charge < -0.3 is 5.11 Å². The third kappa shape index (κ3) is 2.21. The zero-order valence-corrected chi connectivity index (χ0v) is 7.54. The van der Waals surface area contributed by atoms with Crippen molar-refractivity contribution in [2.24, 2.45) is 0 Å². The lowest BCUT2D eigenvalue weighted by atomic mass is 10.1. The molecule has 0 unspecified atom stereocenters. The molecule has 0 aliphatic rings. The van der Waals surface area contributed by atoms with Gasteiger partial charge in [-0.2, -0.15) is 0 Å². The van der Waals surface area contributed by atoms with E-state index in [1.54, 1.807) is 6.08 Å². The zero-order chi connectivity index (χ0) is 8.97. The van der Waals surface area contributed by atoms with Crippen molar-refractivity contribution >= 4 is 6.08 Å². The van der Waals surface area contributed by atoms with Crippen molar-refractivity contribution in [1.29, 1.82) is 0 Å². The van der Waals surface area contributed by atoms with Crippen LogP contribution < -0.4 is 0 Å². The first-order valence-electron chi connectivity index (χ1n) is 4.08. The van der Waals surface area contributed by atoms with Gasteiger partial charge in [-0.05, 0) is 30.5 Å². The molecule has 0 fully saturated rings. The van der Waals surface area contributed by atoms with E-state index in [0.717, 1.165) is 5.56 Å². The average Bonchev–Trinajstić information content (AvgIpc) is 2.07. The first-order chi connectivity index (χ1) is 5.74. The monoisotopic (exact) mass is 162 g/mol. The highest BCUT2D eigenvalue weighted by atomic mass is 16.2. The van der Waals surface area contributed by atoms with E-state index in [1.165, 1.54) is 11.1 Å². The second-order valence-corrected chi connectivity index (χ2v) is 2.93. The molecule has 0 saturated heterocycles. The summed E-state index contributed by atoms with van der Waals surface area (Å²) in [5, 5.41) is 8.56. The topological polar surface area (TPSA) is 20.2 Å². The maximum absolute atomic E-state index is 8.56. The van der Waals surface area contributed by atoms with Crippen LogP contribution in [0.25, 0.3) is 6.08 Å². The summed E-state index contributed by atoms with van der Waals surface area (Å²) in [7, 11) is 0. The molecule has 0 aliphatic heterocycles. The van der Waals surface area contributed by atoms with E-state index >= 15 is 0 Å². The molecule has 0 aromatic heterocycles. The average molecular weight is 162 g/mol. The minimum Gasteiger partial charge on any atom is -0.392 e. The molecule has 0 amide bonds. The van der Waals surface area contributed by atoms with Crippen LogP contribution in [0.3, 0.4) is 0 Å². The number of benzene rings is 1. The summed E-state index contributed by atoms with van der Waals surface area (Å²) < 4.78 is 0. The molecule has 1 aromatic rings. The molecule has 1 nitrogen and oxygen atoms in total. The number of aryl methyl sites for hydroxylation is 2. The van der Waals surface area contributed by atoms with Gasteiger partial charge >= 0.3 is 0 Å². The highest BCUT2D eigenvalue weighted by Gasteiger charge is 1.91. The second kappa shape index (κ2) is 4.07. The molecule has 1 N–H and O–H groups in total. The summed E-state index contributed by atoms with van der Waals surface area (Å²) in [5.74, 6) is 0. The summed E-state index contributed by atoms with van der Waals surface area (Å²) >= 11 is 0. The Hall–Kier alpha value is -1.08. The van der Waals surface area contributed by atoms with Gasteiger partial charge in [0.25, 0.3) is 0 Å². The van der Waals surface area contributed by atoms with Crippen LogP contribution in [0.1, 0.15) is 16.7 Å². The maximum atomic E-state index is 8.56. The first-order valence-corrected chi connectivity index (χ1v) is 4.08. The Labute approximate surface area is 73.4 Å². The van der Waals surface area contributed by atoms with Crippen molar-refractivity contribution in [1.82, 2.24) is 0 Å². The molecule has 0 heterocycles. The van der Waals surface area contributed by atoms with E-state index in [-0.39, 0.29) is 6.61 Å². The van der Waals surface area contributed by atoms with Crippen LogP contribution in [0.5, 0.6) is 0 Å². The Bertz CT molecular complexity index is 287. The maximum Gasteiger partial charge on any atom is 0.0615 e. The smallest absolute Gasteiger partial charge is 0.0615 e. The number of aliphatic hydroxyl groups excluding tert-OH is 1. The Morgan fingerprint density at radius 1 is 1.25 bits per heavy atom. The van der Waals surface area contributed by atoms with Gasteiger partial charge in [0, 0.05) is 0 Å². The second-order valence-electron chi connectivity index (χ2n) is 2.93. The molecule has 0 spiro atoms. The molecule has 1 aromatic carbocycles. The first kappa shape index (κ1) is 9.01. The normalized spacial score (nSPS) is 10.9. The standard InChI is InChI=1S/C11H14O/c1-9-5-6-11(4-3-7-12)8-10(9)2/h3-6,8,12H,7H2,1-2H3. The molecular weight excluding hydrogens is 148 g/mol. The molecule has 0 atom stereocenters.